The van der Waals surface area contributed by atoms with E-state index in [0.717, 1.165) is 11.1 Å². The molecule has 0 spiro atoms. The number of para-hydroxylation sites is 1. The molecule has 1 aromatic heterocycles. The summed E-state index contributed by atoms with van der Waals surface area (Å²) in [5.41, 5.74) is 7.66. The first-order valence-corrected chi connectivity index (χ1v) is 6.72. The second-order valence-electron chi connectivity index (χ2n) is 4.34. The van der Waals surface area contributed by atoms with Gasteiger partial charge in [0, 0.05) is 5.56 Å². The van der Waals surface area contributed by atoms with E-state index in [1.54, 1.807) is 0 Å². The van der Waals surface area contributed by atoms with E-state index in [1.807, 2.05) is 54.6 Å². The maximum absolute atomic E-state index is 6.07. The summed E-state index contributed by atoms with van der Waals surface area (Å²) in [6.45, 7) is 0. The van der Waals surface area contributed by atoms with Gasteiger partial charge >= 0.3 is 0 Å². The predicted octanol–water partition coefficient (Wildman–Crippen LogP) is 4.17. The largest absolute Gasteiger partial charge is 0.437 e. The van der Waals surface area contributed by atoms with Crippen LogP contribution in [0.3, 0.4) is 0 Å². The minimum Gasteiger partial charge on any atom is -0.437 e. The Hall–Kier alpha value is -2.59. The van der Waals surface area contributed by atoms with Crippen molar-refractivity contribution in [3.63, 3.8) is 0 Å². The van der Waals surface area contributed by atoms with Crippen LogP contribution in [-0.2, 0) is 0 Å². The zero-order valence-corrected chi connectivity index (χ0v) is 11.8. The van der Waals surface area contributed by atoms with Crippen molar-refractivity contribution in [2.45, 2.75) is 0 Å². The van der Waals surface area contributed by atoms with Crippen molar-refractivity contribution in [3.05, 3.63) is 65.9 Å². The molecule has 0 saturated heterocycles. The maximum atomic E-state index is 6.07. The Kier molecular flexibility index (Phi) is 3.71. The van der Waals surface area contributed by atoms with Crippen molar-refractivity contribution < 1.29 is 4.74 Å². The standard InChI is InChI=1S/C16H12ClN3O/c17-14-15(18)19-10-20-16(14)21-13-9-5-4-8-12(13)11-6-2-1-3-7-11/h1-10H,(H2,18,19,20). The molecule has 3 aromatic rings. The topological polar surface area (TPSA) is 61.0 Å². The fourth-order valence-electron chi connectivity index (χ4n) is 1.95. The molecule has 4 nitrogen and oxygen atoms in total. The number of hydrogen-bond acceptors (Lipinski definition) is 4. The number of halogens is 1. The number of ether oxygens (including phenoxy) is 1. The van der Waals surface area contributed by atoms with E-state index in [-0.39, 0.29) is 16.7 Å². The summed E-state index contributed by atoms with van der Waals surface area (Å²) in [5, 5.41) is 0.209. The molecule has 0 fully saturated rings. The lowest BCUT2D eigenvalue weighted by Crippen LogP contribution is -1.97. The summed E-state index contributed by atoms with van der Waals surface area (Å²) >= 11 is 6.07. The summed E-state index contributed by atoms with van der Waals surface area (Å²) in [5.74, 6) is 1.09. The van der Waals surface area contributed by atoms with Crippen LogP contribution in [0.4, 0.5) is 5.82 Å². The molecular weight excluding hydrogens is 286 g/mol. The molecule has 0 saturated carbocycles. The summed E-state index contributed by atoms with van der Waals surface area (Å²) in [7, 11) is 0. The molecule has 2 N–H and O–H groups in total. The molecule has 2 aromatic carbocycles. The third-order valence-electron chi connectivity index (χ3n) is 2.96. The molecule has 5 heteroatoms. The van der Waals surface area contributed by atoms with Crippen molar-refractivity contribution in [1.82, 2.24) is 9.97 Å². The highest BCUT2D eigenvalue weighted by atomic mass is 35.5. The lowest BCUT2D eigenvalue weighted by Gasteiger charge is -2.11. The second-order valence-corrected chi connectivity index (χ2v) is 4.72. The normalized spacial score (nSPS) is 10.3. The molecule has 0 amide bonds. The summed E-state index contributed by atoms with van der Waals surface area (Å²) in [4.78, 5) is 7.84. The quantitative estimate of drug-likeness (QED) is 0.788. The summed E-state index contributed by atoms with van der Waals surface area (Å²) in [6.07, 6.45) is 1.32. The van der Waals surface area contributed by atoms with Crippen molar-refractivity contribution in [1.29, 1.82) is 0 Å². The van der Waals surface area contributed by atoms with Gasteiger partial charge in [-0.3, -0.25) is 0 Å². The highest BCUT2D eigenvalue weighted by molar-refractivity contribution is 6.34. The Bertz CT molecular complexity index is 762. The molecule has 21 heavy (non-hydrogen) atoms. The number of benzene rings is 2. The minimum atomic E-state index is 0.193. The third-order valence-corrected chi connectivity index (χ3v) is 3.32. The Morgan fingerprint density at radius 1 is 0.905 bits per heavy atom. The molecule has 1 heterocycles. The van der Waals surface area contributed by atoms with E-state index in [2.05, 4.69) is 9.97 Å². The Morgan fingerprint density at radius 2 is 1.62 bits per heavy atom. The van der Waals surface area contributed by atoms with Crippen LogP contribution in [0.2, 0.25) is 5.02 Å². The number of aromatic nitrogens is 2. The highest BCUT2D eigenvalue weighted by Crippen LogP contribution is 2.35. The van der Waals surface area contributed by atoms with Gasteiger partial charge in [0.2, 0.25) is 5.88 Å². The van der Waals surface area contributed by atoms with Gasteiger partial charge in [0.05, 0.1) is 0 Å². The molecular formula is C16H12ClN3O. The zero-order chi connectivity index (χ0) is 14.7. The average Bonchev–Trinajstić information content (AvgIpc) is 2.53. The van der Waals surface area contributed by atoms with Gasteiger partial charge in [-0.1, -0.05) is 60.1 Å². The van der Waals surface area contributed by atoms with E-state index >= 15 is 0 Å². The lowest BCUT2D eigenvalue weighted by molar-refractivity contribution is 0.464. The molecule has 3 rings (SSSR count). The number of nitrogens with zero attached hydrogens (tertiary/aromatic N) is 2. The molecule has 0 atom stereocenters. The number of hydrogen-bond donors (Lipinski definition) is 1. The predicted molar refractivity (Wildman–Crippen MR) is 83.4 cm³/mol. The first kappa shape index (κ1) is 13.4. The van der Waals surface area contributed by atoms with Gasteiger partial charge in [0.25, 0.3) is 0 Å². The number of nitrogens with two attached hydrogens (primary N) is 1. The van der Waals surface area contributed by atoms with Crippen LogP contribution in [0.15, 0.2) is 60.9 Å². The molecule has 0 bridgehead atoms. The zero-order valence-electron chi connectivity index (χ0n) is 11.0. The molecule has 0 aliphatic carbocycles. The Morgan fingerprint density at radius 3 is 2.43 bits per heavy atom. The molecule has 0 unspecified atom stereocenters. The van der Waals surface area contributed by atoms with Crippen LogP contribution >= 0.6 is 11.6 Å². The second kappa shape index (κ2) is 5.81. The van der Waals surface area contributed by atoms with E-state index in [4.69, 9.17) is 22.1 Å². The van der Waals surface area contributed by atoms with Crippen molar-refractivity contribution in [2.24, 2.45) is 0 Å². The van der Waals surface area contributed by atoms with Gasteiger partial charge in [-0.25, -0.2) is 4.98 Å². The Balaban J connectivity index is 2.02. The lowest BCUT2D eigenvalue weighted by atomic mass is 10.1. The van der Waals surface area contributed by atoms with E-state index in [1.165, 1.54) is 6.33 Å². The first-order chi connectivity index (χ1) is 10.3. The van der Waals surface area contributed by atoms with Gasteiger partial charge in [-0.2, -0.15) is 4.98 Å². The van der Waals surface area contributed by atoms with Crippen molar-refractivity contribution in [3.8, 4) is 22.8 Å². The monoisotopic (exact) mass is 297 g/mol. The van der Waals surface area contributed by atoms with E-state index in [0.29, 0.717) is 5.75 Å². The third kappa shape index (κ3) is 2.80. The van der Waals surface area contributed by atoms with Crippen molar-refractivity contribution >= 4 is 17.4 Å². The molecule has 0 aliphatic heterocycles. The number of rotatable bonds is 3. The maximum Gasteiger partial charge on any atom is 0.243 e. The van der Waals surface area contributed by atoms with Crippen LogP contribution in [-0.4, -0.2) is 9.97 Å². The minimum absolute atomic E-state index is 0.193. The summed E-state index contributed by atoms with van der Waals surface area (Å²) in [6, 6.07) is 17.6. The van der Waals surface area contributed by atoms with Crippen LogP contribution < -0.4 is 10.5 Å². The average molecular weight is 298 g/mol. The smallest absolute Gasteiger partial charge is 0.243 e. The summed E-state index contributed by atoms with van der Waals surface area (Å²) < 4.78 is 5.81. The first-order valence-electron chi connectivity index (χ1n) is 6.34. The highest BCUT2D eigenvalue weighted by Gasteiger charge is 2.12. The fraction of sp³-hybridized carbons (Fsp3) is 0. The van der Waals surface area contributed by atoms with Gasteiger partial charge in [0.15, 0.2) is 0 Å². The van der Waals surface area contributed by atoms with Gasteiger partial charge in [-0.05, 0) is 11.6 Å². The SMILES string of the molecule is Nc1ncnc(Oc2ccccc2-c2ccccc2)c1Cl. The van der Waals surface area contributed by atoms with Crippen LogP contribution in [0.1, 0.15) is 0 Å². The van der Waals surface area contributed by atoms with Crippen LogP contribution in [0.25, 0.3) is 11.1 Å². The molecule has 0 aliphatic rings. The van der Waals surface area contributed by atoms with Crippen molar-refractivity contribution in [2.75, 3.05) is 5.73 Å². The van der Waals surface area contributed by atoms with E-state index in [9.17, 15) is 0 Å². The number of anilines is 1. The fourth-order valence-corrected chi connectivity index (χ4v) is 2.09. The molecule has 0 radical (unpaired) electrons. The molecule has 104 valence electrons. The van der Waals surface area contributed by atoms with Gasteiger partial charge in [-0.15, -0.1) is 0 Å². The van der Waals surface area contributed by atoms with E-state index < -0.39 is 0 Å². The van der Waals surface area contributed by atoms with Gasteiger partial charge < -0.3 is 10.5 Å². The van der Waals surface area contributed by atoms with Crippen LogP contribution in [0, 0.1) is 0 Å². The van der Waals surface area contributed by atoms with Crippen LogP contribution in [0.5, 0.6) is 11.6 Å². The van der Waals surface area contributed by atoms with Gasteiger partial charge in [0.1, 0.15) is 22.9 Å². The number of nitrogen functional groups attached to an aromatic ring is 1. The Labute approximate surface area is 127 Å².